The smallest absolute Gasteiger partial charge is 0.321 e. The molecule has 0 unspecified atom stereocenters. The van der Waals surface area contributed by atoms with Crippen molar-refractivity contribution in [2.45, 2.75) is 50.4 Å². The number of rotatable bonds is 13. The zero-order valence-electron chi connectivity index (χ0n) is 29.6. The predicted octanol–water partition coefficient (Wildman–Crippen LogP) is 5.16. The van der Waals surface area contributed by atoms with E-state index < -0.39 is 41.6 Å². The summed E-state index contributed by atoms with van der Waals surface area (Å²) in [6, 6.07) is 35.3. The van der Waals surface area contributed by atoms with Gasteiger partial charge in [0.2, 0.25) is 0 Å². The number of imidazole rings is 1. The Morgan fingerprint density at radius 3 is 1.62 bits per heavy atom. The fourth-order valence-corrected chi connectivity index (χ4v) is 5.80. The highest BCUT2D eigenvalue weighted by Gasteiger charge is 2.40. The van der Waals surface area contributed by atoms with E-state index in [0.717, 1.165) is 38.9 Å². The molecule has 3 atom stereocenters. The Kier molecular flexibility index (Phi) is 14.2. The molecule has 10 N–H and O–H groups in total. The lowest BCUT2D eigenvalue weighted by molar-refractivity contribution is -0.140. The summed E-state index contributed by atoms with van der Waals surface area (Å²) in [5.74, 6) is -2.80. The Morgan fingerprint density at radius 1 is 0.698 bits per heavy atom. The third-order valence-corrected chi connectivity index (χ3v) is 8.72. The topological polar surface area (TPSA) is 220 Å². The van der Waals surface area contributed by atoms with E-state index in [4.69, 9.17) is 21.7 Å². The summed E-state index contributed by atoms with van der Waals surface area (Å²) in [5.41, 5.74) is 15.4. The molecule has 2 heterocycles. The molecule has 53 heavy (non-hydrogen) atoms. The highest BCUT2D eigenvalue weighted by atomic mass is 16.4. The number of aliphatic carboxylic acids is 3. The normalized spacial score (nSPS) is 12.8. The molecule has 0 bridgehead atoms. The van der Waals surface area contributed by atoms with Crippen molar-refractivity contribution < 1.29 is 29.7 Å². The molecule has 0 fully saturated rings. The van der Waals surface area contributed by atoms with E-state index in [1.807, 2.05) is 121 Å². The van der Waals surface area contributed by atoms with Crippen LogP contribution in [0.15, 0.2) is 134 Å². The highest BCUT2D eigenvalue weighted by molar-refractivity contribution is 5.84. The van der Waals surface area contributed by atoms with Crippen LogP contribution in [-0.2, 0) is 32.8 Å². The van der Waals surface area contributed by atoms with Crippen LogP contribution in [0.4, 0.5) is 0 Å². The van der Waals surface area contributed by atoms with Gasteiger partial charge in [-0.2, -0.15) is 0 Å². The molecule has 276 valence electrons. The van der Waals surface area contributed by atoms with Crippen molar-refractivity contribution in [3.8, 4) is 0 Å². The van der Waals surface area contributed by atoms with Crippen molar-refractivity contribution in [3.63, 3.8) is 0 Å². The fraction of sp³-hybridized carbons (Fsp3) is 0.220. The second kappa shape index (κ2) is 19.0. The van der Waals surface area contributed by atoms with Crippen LogP contribution in [0.25, 0.3) is 10.9 Å². The number of nitrogens with zero attached hydrogens (tertiary/aromatic N) is 1. The van der Waals surface area contributed by atoms with Crippen molar-refractivity contribution in [3.05, 3.63) is 162 Å². The van der Waals surface area contributed by atoms with Gasteiger partial charge in [-0.3, -0.25) is 19.7 Å². The summed E-state index contributed by atoms with van der Waals surface area (Å²) < 4.78 is 0. The molecule has 0 saturated heterocycles. The third-order valence-electron chi connectivity index (χ3n) is 8.72. The van der Waals surface area contributed by atoms with Gasteiger partial charge in [-0.1, -0.05) is 123 Å². The molecule has 6 rings (SSSR count). The molecule has 2 aromatic heterocycles. The number of nitrogens with two attached hydrogens (primary N) is 2. The van der Waals surface area contributed by atoms with Gasteiger partial charge in [-0.05, 0) is 34.2 Å². The van der Waals surface area contributed by atoms with Crippen LogP contribution in [0.3, 0.4) is 0 Å². The molecular weight excluding hydrogens is 672 g/mol. The van der Waals surface area contributed by atoms with E-state index in [0.29, 0.717) is 6.42 Å². The first-order valence-corrected chi connectivity index (χ1v) is 17.1. The van der Waals surface area contributed by atoms with Crippen LogP contribution in [0, 0.1) is 5.92 Å². The van der Waals surface area contributed by atoms with E-state index >= 15 is 0 Å². The van der Waals surface area contributed by atoms with Crippen molar-refractivity contribution in [1.82, 2.24) is 20.3 Å². The minimum atomic E-state index is -0.972. The number of benzene rings is 4. The van der Waals surface area contributed by atoms with Crippen molar-refractivity contribution in [2.75, 3.05) is 0 Å². The minimum absolute atomic E-state index is 0.0208. The maximum Gasteiger partial charge on any atom is 0.321 e. The molecule has 12 heteroatoms. The number of H-pyrrole nitrogens is 2. The van der Waals surface area contributed by atoms with Crippen molar-refractivity contribution in [1.29, 1.82) is 0 Å². The number of aromatic nitrogens is 3. The van der Waals surface area contributed by atoms with Crippen molar-refractivity contribution in [2.24, 2.45) is 17.4 Å². The van der Waals surface area contributed by atoms with E-state index in [1.54, 1.807) is 26.4 Å². The van der Waals surface area contributed by atoms with Gasteiger partial charge in [-0.25, -0.2) is 4.98 Å². The number of carboxylic acids is 3. The Morgan fingerprint density at radius 2 is 1.21 bits per heavy atom. The van der Waals surface area contributed by atoms with Crippen LogP contribution in [0.5, 0.6) is 0 Å². The number of carboxylic acid groups (broad SMARTS) is 3. The lowest BCUT2D eigenvalue weighted by atomic mass is 9.76. The van der Waals surface area contributed by atoms with Gasteiger partial charge >= 0.3 is 17.9 Å². The maximum atomic E-state index is 12.3. The predicted molar refractivity (Wildman–Crippen MR) is 204 cm³/mol. The SMILES string of the molecule is CC(C)[C@H](N)C(=O)O.N[C@@H](Cc1c[nH]c2ccccc12)C(=O)O.O=C(O)[C@H](Cc1cnc[nH]1)NC(c1ccccc1)(c1ccccc1)c1ccccc1. The Bertz CT molecular complexity index is 1920. The first kappa shape index (κ1) is 39.7. The fourth-order valence-electron chi connectivity index (χ4n) is 5.80. The first-order chi connectivity index (χ1) is 25.4. The van der Waals surface area contributed by atoms with E-state index in [2.05, 4.69) is 20.3 Å². The Balaban J connectivity index is 0.000000225. The number of carbonyl (C=O) groups is 3. The molecule has 0 radical (unpaired) electrons. The van der Waals surface area contributed by atoms with Gasteiger partial charge in [0.1, 0.15) is 18.1 Å². The number of fused-ring (bicyclic) bond motifs is 1. The van der Waals surface area contributed by atoms with Crippen LogP contribution in [0.1, 0.15) is 41.8 Å². The van der Waals surface area contributed by atoms with E-state index in [1.165, 1.54) is 0 Å². The lowest BCUT2D eigenvalue weighted by Gasteiger charge is -2.39. The second-order valence-corrected chi connectivity index (χ2v) is 12.8. The second-order valence-electron chi connectivity index (χ2n) is 12.8. The van der Waals surface area contributed by atoms with Crippen LogP contribution in [-0.4, -0.2) is 66.3 Å². The summed E-state index contributed by atoms with van der Waals surface area (Å²) >= 11 is 0. The largest absolute Gasteiger partial charge is 0.480 e. The summed E-state index contributed by atoms with van der Waals surface area (Å²) in [4.78, 5) is 43.1. The molecule has 0 aliphatic heterocycles. The highest BCUT2D eigenvalue weighted by Crippen LogP contribution is 2.37. The lowest BCUT2D eigenvalue weighted by Crippen LogP contribution is -2.53. The maximum absolute atomic E-state index is 12.3. The summed E-state index contributed by atoms with van der Waals surface area (Å²) in [7, 11) is 0. The monoisotopic (exact) mass is 718 g/mol. The van der Waals surface area contributed by atoms with Gasteiger partial charge in [0.15, 0.2) is 0 Å². The molecule has 0 spiro atoms. The summed E-state index contributed by atoms with van der Waals surface area (Å²) in [6.07, 6.45) is 5.66. The van der Waals surface area contributed by atoms with E-state index in [-0.39, 0.29) is 12.3 Å². The number of aromatic amines is 2. The molecule has 0 saturated carbocycles. The third kappa shape index (κ3) is 10.5. The van der Waals surface area contributed by atoms with Gasteiger partial charge in [0.05, 0.1) is 11.9 Å². The van der Waals surface area contributed by atoms with Gasteiger partial charge in [0.25, 0.3) is 0 Å². The summed E-state index contributed by atoms with van der Waals surface area (Å²) in [6.45, 7) is 3.55. The minimum Gasteiger partial charge on any atom is -0.480 e. The molecule has 12 nitrogen and oxygen atoms in total. The first-order valence-electron chi connectivity index (χ1n) is 17.1. The summed E-state index contributed by atoms with van der Waals surface area (Å²) in [5, 5.41) is 31.6. The molecule has 0 amide bonds. The molecule has 0 aliphatic rings. The number of para-hydroxylation sites is 1. The van der Waals surface area contributed by atoms with E-state index in [9.17, 15) is 19.5 Å². The molecular formula is C41H46N6O6. The average molecular weight is 719 g/mol. The number of hydrogen-bond donors (Lipinski definition) is 8. The van der Waals surface area contributed by atoms with Gasteiger partial charge < -0.3 is 36.8 Å². The molecule has 4 aromatic carbocycles. The number of nitrogens with one attached hydrogen (secondary N) is 3. The van der Waals surface area contributed by atoms with Gasteiger partial charge in [0, 0.05) is 41.8 Å². The standard InChI is InChI=1S/C25H23N3O2.C11H12N2O2.C5H11NO2/c29-24(30)23(16-22-17-26-18-27-22)28-25(19-10-4-1-5-11-19,20-12-6-2-7-13-20)21-14-8-3-9-15-21;12-9(11(14)15)5-7-6-13-10-4-2-1-3-8(7)10;1-3(2)4(6)5(7)8/h1-15,17-18,23,28H,16H2,(H,26,27)(H,29,30);1-4,6,9,13H,5,12H2,(H,14,15);3-4H,6H2,1-2H3,(H,7,8)/t23-;9-;4-/m000/s1. The van der Waals surface area contributed by atoms with Crippen LogP contribution in [0.2, 0.25) is 0 Å². The van der Waals surface area contributed by atoms with Crippen LogP contribution >= 0.6 is 0 Å². The Labute approximate surface area is 307 Å². The molecule has 6 aromatic rings. The van der Waals surface area contributed by atoms with Crippen molar-refractivity contribution >= 4 is 28.8 Å². The van der Waals surface area contributed by atoms with Crippen LogP contribution < -0.4 is 16.8 Å². The zero-order chi connectivity index (χ0) is 38.4. The zero-order valence-corrected chi connectivity index (χ0v) is 29.6. The molecule has 0 aliphatic carbocycles. The Hall–Kier alpha value is -6.08. The number of hydrogen-bond acceptors (Lipinski definition) is 7. The quantitative estimate of drug-likeness (QED) is 0.0733. The van der Waals surface area contributed by atoms with Gasteiger partial charge in [-0.15, -0.1) is 0 Å². The average Bonchev–Trinajstić information content (AvgIpc) is 3.84.